The summed E-state index contributed by atoms with van der Waals surface area (Å²) in [5, 5.41) is 0.835. The number of hydrogen-bond acceptors (Lipinski definition) is 6. The molecule has 0 aromatic carbocycles. The molecule has 0 amide bonds. The number of ether oxygens (including phenoxy) is 1. The zero-order chi connectivity index (χ0) is 11.8. The van der Waals surface area contributed by atoms with Crippen molar-refractivity contribution >= 4 is 17.6 Å². The molecule has 0 unspecified atom stereocenters. The van der Waals surface area contributed by atoms with Crippen molar-refractivity contribution in [2.24, 2.45) is 5.84 Å². The Hall–Kier alpha value is -1.01. The van der Waals surface area contributed by atoms with Gasteiger partial charge >= 0.3 is 0 Å². The Kier molecular flexibility index (Phi) is 5.95. The maximum atomic E-state index is 5.34. The molecule has 0 radical (unpaired) electrons. The summed E-state index contributed by atoms with van der Waals surface area (Å²) in [5.74, 6) is 7.52. The molecule has 0 spiro atoms. The molecular weight excluding hydrogens is 224 g/mol. The van der Waals surface area contributed by atoms with Crippen molar-refractivity contribution in [2.45, 2.75) is 31.2 Å². The molecule has 0 atom stereocenters. The summed E-state index contributed by atoms with van der Waals surface area (Å²) in [5.41, 5.74) is 2.50. The van der Waals surface area contributed by atoms with Crippen LogP contribution < -0.4 is 16.0 Å². The second-order valence-corrected chi connectivity index (χ2v) is 4.34. The van der Waals surface area contributed by atoms with Gasteiger partial charge in [0.25, 0.3) is 0 Å². The minimum Gasteiger partial charge on any atom is -0.490 e. The van der Waals surface area contributed by atoms with Crippen LogP contribution in [0, 0.1) is 0 Å². The van der Waals surface area contributed by atoms with E-state index in [-0.39, 0.29) is 0 Å². The van der Waals surface area contributed by atoms with Gasteiger partial charge in [-0.1, -0.05) is 19.8 Å². The summed E-state index contributed by atoms with van der Waals surface area (Å²) in [6, 6.07) is 0. The molecule has 3 N–H and O–H groups in total. The van der Waals surface area contributed by atoms with Gasteiger partial charge in [-0.3, -0.25) is 0 Å². The minimum absolute atomic E-state index is 0.524. The lowest BCUT2D eigenvalue weighted by molar-refractivity contribution is 0.400. The first-order valence-electron chi connectivity index (χ1n) is 5.31. The van der Waals surface area contributed by atoms with Gasteiger partial charge in [-0.05, 0) is 12.2 Å². The molecule has 1 heterocycles. The average molecular weight is 242 g/mol. The van der Waals surface area contributed by atoms with Gasteiger partial charge in [-0.2, -0.15) is 0 Å². The molecule has 0 bridgehead atoms. The van der Waals surface area contributed by atoms with Crippen molar-refractivity contribution in [1.82, 2.24) is 9.97 Å². The highest BCUT2D eigenvalue weighted by molar-refractivity contribution is 7.99. The van der Waals surface area contributed by atoms with Crippen LogP contribution in [-0.2, 0) is 0 Å². The van der Waals surface area contributed by atoms with Gasteiger partial charge < -0.3 is 10.2 Å². The number of nitrogens with one attached hydrogen (secondary N) is 1. The third kappa shape index (κ3) is 3.53. The highest BCUT2D eigenvalue weighted by Crippen LogP contribution is 2.32. The van der Waals surface area contributed by atoms with E-state index in [2.05, 4.69) is 22.3 Å². The van der Waals surface area contributed by atoms with Crippen molar-refractivity contribution in [3.05, 3.63) is 6.33 Å². The van der Waals surface area contributed by atoms with Crippen molar-refractivity contribution in [3.63, 3.8) is 0 Å². The number of nitrogens with zero attached hydrogens (tertiary/aromatic N) is 2. The molecule has 16 heavy (non-hydrogen) atoms. The van der Waals surface area contributed by atoms with Gasteiger partial charge in [-0.25, -0.2) is 15.8 Å². The van der Waals surface area contributed by atoms with Crippen LogP contribution in [0.5, 0.6) is 5.75 Å². The average Bonchev–Trinajstić information content (AvgIpc) is 2.34. The van der Waals surface area contributed by atoms with Gasteiger partial charge in [0.05, 0.1) is 7.11 Å². The summed E-state index contributed by atoms with van der Waals surface area (Å²) >= 11 is 1.67. The smallest absolute Gasteiger partial charge is 0.195 e. The lowest BCUT2D eigenvalue weighted by Crippen LogP contribution is -2.10. The van der Waals surface area contributed by atoms with E-state index < -0.39 is 0 Å². The Labute approximate surface area is 100 Å². The first-order chi connectivity index (χ1) is 7.83. The molecule has 0 fully saturated rings. The van der Waals surface area contributed by atoms with Crippen LogP contribution in [0.15, 0.2) is 11.4 Å². The van der Waals surface area contributed by atoms with E-state index in [1.165, 1.54) is 25.6 Å². The van der Waals surface area contributed by atoms with E-state index in [0.717, 1.165) is 10.8 Å². The second kappa shape index (κ2) is 7.29. The largest absolute Gasteiger partial charge is 0.490 e. The van der Waals surface area contributed by atoms with Gasteiger partial charge in [-0.15, -0.1) is 11.8 Å². The van der Waals surface area contributed by atoms with E-state index in [1.54, 1.807) is 18.9 Å². The van der Waals surface area contributed by atoms with Crippen LogP contribution in [0.4, 0.5) is 5.82 Å². The number of aromatic nitrogens is 2. The lowest BCUT2D eigenvalue weighted by Gasteiger charge is -2.10. The van der Waals surface area contributed by atoms with E-state index in [1.807, 2.05) is 0 Å². The predicted molar refractivity (Wildman–Crippen MR) is 66.6 cm³/mol. The Morgan fingerprint density at radius 2 is 2.25 bits per heavy atom. The number of rotatable bonds is 7. The Morgan fingerprint density at radius 3 is 2.88 bits per heavy atom. The molecule has 1 aromatic rings. The molecule has 90 valence electrons. The molecule has 1 rings (SSSR count). The molecule has 0 saturated carbocycles. The number of thioether (sulfide) groups is 1. The fourth-order valence-corrected chi connectivity index (χ4v) is 2.24. The predicted octanol–water partition coefficient (Wildman–Crippen LogP) is 2.05. The normalized spacial score (nSPS) is 10.2. The third-order valence-electron chi connectivity index (χ3n) is 2.10. The zero-order valence-electron chi connectivity index (χ0n) is 9.69. The number of methoxy groups -OCH3 is 1. The molecular formula is C10H18N4OS. The Morgan fingerprint density at radius 1 is 1.44 bits per heavy atom. The van der Waals surface area contributed by atoms with Crippen LogP contribution in [0.25, 0.3) is 0 Å². The second-order valence-electron chi connectivity index (χ2n) is 3.26. The van der Waals surface area contributed by atoms with Crippen LogP contribution in [0.2, 0.25) is 0 Å². The van der Waals surface area contributed by atoms with Crippen molar-refractivity contribution in [2.75, 3.05) is 18.3 Å². The molecule has 0 aliphatic heterocycles. The Balaban J connectivity index is 2.63. The van der Waals surface area contributed by atoms with Gasteiger partial charge in [0, 0.05) is 0 Å². The molecule has 0 saturated heterocycles. The van der Waals surface area contributed by atoms with Gasteiger partial charge in [0.1, 0.15) is 11.4 Å². The van der Waals surface area contributed by atoms with Crippen LogP contribution in [-0.4, -0.2) is 22.8 Å². The van der Waals surface area contributed by atoms with E-state index in [9.17, 15) is 0 Å². The third-order valence-corrected chi connectivity index (χ3v) is 3.16. The zero-order valence-corrected chi connectivity index (χ0v) is 10.5. The molecule has 5 nitrogen and oxygen atoms in total. The number of hydrazine groups is 1. The van der Waals surface area contributed by atoms with Gasteiger partial charge in [0.15, 0.2) is 11.6 Å². The summed E-state index contributed by atoms with van der Waals surface area (Å²) in [6.07, 6.45) is 5.12. The van der Waals surface area contributed by atoms with Gasteiger partial charge in [0.2, 0.25) is 0 Å². The standard InChI is InChI=1S/C10H18N4OS/c1-3-4-5-6-16-10-8(15-2)9(14-11)12-7-13-10/h7H,3-6,11H2,1-2H3,(H,12,13,14). The molecule has 0 aliphatic rings. The number of nitrogens with two attached hydrogens (primary N) is 1. The molecule has 6 heteroatoms. The minimum atomic E-state index is 0.524. The Bertz CT molecular complexity index is 322. The number of nitrogen functional groups attached to an aromatic ring is 1. The first-order valence-corrected chi connectivity index (χ1v) is 6.30. The fourth-order valence-electron chi connectivity index (χ4n) is 1.27. The maximum Gasteiger partial charge on any atom is 0.195 e. The summed E-state index contributed by atoms with van der Waals surface area (Å²) in [4.78, 5) is 8.17. The number of hydrogen-bond donors (Lipinski definition) is 2. The number of anilines is 1. The monoisotopic (exact) mass is 242 g/mol. The van der Waals surface area contributed by atoms with Crippen molar-refractivity contribution in [1.29, 1.82) is 0 Å². The topological polar surface area (TPSA) is 73.1 Å². The summed E-state index contributed by atoms with van der Waals surface area (Å²) < 4.78 is 5.24. The van der Waals surface area contributed by atoms with E-state index in [4.69, 9.17) is 10.6 Å². The van der Waals surface area contributed by atoms with Crippen LogP contribution >= 0.6 is 11.8 Å². The molecule has 0 aliphatic carbocycles. The fraction of sp³-hybridized carbons (Fsp3) is 0.600. The van der Waals surface area contributed by atoms with E-state index >= 15 is 0 Å². The van der Waals surface area contributed by atoms with Crippen LogP contribution in [0.1, 0.15) is 26.2 Å². The summed E-state index contributed by atoms with van der Waals surface area (Å²) in [7, 11) is 1.59. The lowest BCUT2D eigenvalue weighted by atomic mass is 10.3. The molecule has 1 aromatic heterocycles. The summed E-state index contributed by atoms with van der Waals surface area (Å²) in [6.45, 7) is 2.19. The maximum absolute atomic E-state index is 5.34. The van der Waals surface area contributed by atoms with Crippen molar-refractivity contribution < 1.29 is 4.74 Å². The SMILES string of the molecule is CCCCCSc1ncnc(NN)c1OC. The van der Waals surface area contributed by atoms with Crippen molar-refractivity contribution in [3.8, 4) is 5.75 Å². The van der Waals surface area contributed by atoms with Crippen LogP contribution in [0.3, 0.4) is 0 Å². The quantitative estimate of drug-likeness (QED) is 0.251. The van der Waals surface area contributed by atoms with E-state index in [0.29, 0.717) is 11.6 Å². The first kappa shape index (κ1) is 13.1. The number of unbranched alkanes of at least 4 members (excludes halogenated alkanes) is 2. The highest BCUT2D eigenvalue weighted by Gasteiger charge is 2.11. The highest BCUT2D eigenvalue weighted by atomic mass is 32.2.